The summed E-state index contributed by atoms with van der Waals surface area (Å²) in [6.45, 7) is 0. The van der Waals surface area contributed by atoms with Gasteiger partial charge in [0.1, 0.15) is 35.3 Å². The van der Waals surface area contributed by atoms with Crippen LogP contribution < -0.4 is 0 Å². The molecule has 0 bridgehead atoms. The molecular formula is C85H56F7N13O12. The van der Waals surface area contributed by atoms with Crippen LogP contribution in [0.2, 0.25) is 0 Å². The monoisotopic (exact) mass is 1580 g/mol. The van der Waals surface area contributed by atoms with Crippen molar-refractivity contribution in [2.75, 3.05) is 0 Å². The van der Waals surface area contributed by atoms with Gasteiger partial charge in [0.15, 0.2) is 0 Å². The molecule has 12 aromatic heterocycles. The van der Waals surface area contributed by atoms with Crippen molar-refractivity contribution in [1.29, 1.82) is 0 Å². The van der Waals surface area contributed by atoms with Crippen molar-refractivity contribution in [3.8, 4) is 34.5 Å². The molecule has 117 heavy (non-hydrogen) atoms. The summed E-state index contributed by atoms with van der Waals surface area (Å²) in [6.07, 6.45) is 15.0. The molecule has 0 aliphatic carbocycles. The van der Waals surface area contributed by atoms with E-state index in [4.69, 9.17) is 30.6 Å². The highest BCUT2D eigenvalue weighted by Crippen LogP contribution is 2.33. The fraction of sp³-hybridized carbons (Fsp3) is 0.0235. The highest BCUT2D eigenvalue weighted by Gasteiger charge is 2.33. The average molecular weight is 1580 g/mol. The Balaban J connectivity index is 0.000000122. The van der Waals surface area contributed by atoms with E-state index < -0.39 is 65.2 Å². The van der Waals surface area contributed by atoms with Crippen LogP contribution in [-0.4, -0.2) is 129 Å². The number of pyridine rings is 5. The summed E-state index contributed by atoms with van der Waals surface area (Å²) in [5.41, 5.74) is 6.89. The molecule has 25 nitrogen and oxygen atoms in total. The summed E-state index contributed by atoms with van der Waals surface area (Å²) in [5, 5.41) is 58.5. The summed E-state index contributed by atoms with van der Waals surface area (Å²) < 4.78 is 98.8. The van der Waals surface area contributed by atoms with Crippen molar-refractivity contribution < 1.29 is 90.1 Å². The predicted octanol–water partition coefficient (Wildman–Crippen LogP) is 17.9. The summed E-state index contributed by atoms with van der Waals surface area (Å²) in [6, 6.07) is 56.8. The molecule has 32 heteroatoms. The number of carboxylic acid groups (broad SMARTS) is 6. The first-order valence-electron chi connectivity index (χ1n) is 34.5. The number of benzene rings is 6. The lowest BCUT2D eigenvalue weighted by Gasteiger charge is -2.08. The molecule has 6 N–H and O–H groups in total. The molecule has 0 saturated carbocycles. The number of aromatic nitrogens is 13. The lowest BCUT2D eigenvalue weighted by Crippen LogP contribution is -2.08. The molecule has 18 aromatic rings. The first kappa shape index (κ1) is 78.8. The summed E-state index contributed by atoms with van der Waals surface area (Å²) >= 11 is 0. The maximum Gasteiger partial charge on any atom is 0.433 e. The van der Waals surface area contributed by atoms with E-state index in [1.54, 1.807) is 160 Å². The summed E-state index contributed by atoms with van der Waals surface area (Å²) in [5.74, 6) is -4.46. The third-order valence-electron chi connectivity index (χ3n) is 17.9. The van der Waals surface area contributed by atoms with Gasteiger partial charge in [-0.25, -0.2) is 63.1 Å². The zero-order chi connectivity index (χ0) is 82.8. The molecule has 12 heterocycles. The van der Waals surface area contributed by atoms with Gasteiger partial charge in [-0.1, -0.05) is 6.07 Å². The number of aromatic carboxylic acids is 6. The number of nitrogens with zero attached hydrogens (tertiary/aromatic N) is 13. The number of hydrogen-bond donors (Lipinski definition) is 6. The van der Waals surface area contributed by atoms with E-state index in [9.17, 15) is 59.5 Å². The average Bonchev–Trinajstić information content (AvgIpc) is 1.75. The van der Waals surface area contributed by atoms with Gasteiger partial charge >= 0.3 is 48.2 Å². The second kappa shape index (κ2) is 33.7. The van der Waals surface area contributed by atoms with Gasteiger partial charge in [0.25, 0.3) is 0 Å². The SMILES string of the molecule is O=C(O)c1ccc2c(ccn2-c2ccc(C(F)(F)F)cn2)c1.O=C(O)c1ccc2c(ccn2-c2ccc(C(F)(F)F)nc2)c1.O=C(O)c1ccc2c(ccn2-c2ccc(F)cn2)c1.O=C(O)c1ccc2c(ccn2-c2ccccn2)c1.O=C(O)c1ccc2c(ccn2-c2cccnc2)c1.O=C(O)c1ccc2c(ccn2-c2cncnc2)c1. The van der Waals surface area contributed by atoms with E-state index in [1.165, 1.54) is 54.9 Å². The van der Waals surface area contributed by atoms with E-state index in [0.29, 0.717) is 50.3 Å². The van der Waals surface area contributed by atoms with Crippen molar-refractivity contribution in [3.05, 3.63) is 356 Å². The molecule has 0 atom stereocenters. The van der Waals surface area contributed by atoms with Crippen LogP contribution in [0.1, 0.15) is 73.4 Å². The maximum atomic E-state index is 12.8. The highest BCUT2D eigenvalue weighted by molar-refractivity contribution is 5.99. The molecule has 0 saturated heterocycles. The van der Waals surface area contributed by atoms with Crippen LogP contribution in [0.25, 0.3) is 99.9 Å². The zero-order valence-electron chi connectivity index (χ0n) is 60.0. The third-order valence-corrected chi connectivity index (χ3v) is 17.9. The Morgan fingerprint density at radius 2 is 0.632 bits per heavy atom. The molecule has 0 radical (unpaired) electrons. The van der Waals surface area contributed by atoms with Crippen molar-refractivity contribution in [1.82, 2.24) is 62.3 Å². The minimum atomic E-state index is -4.48. The molecule has 6 aromatic carbocycles. The standard InChI is InChI=1S/2C15H9F3N2O2.C14H9FN2O2.2C14H10N2O2.C13H9N3O2/c16-15(17,18)13-4-2-11(8-19-13)20-6-5-9-7-10(14(21)22)1-3-12(9)20;16-15(17,18)11-2-4-13(19-8-11)20-6-5-9-7-10(14(21)22)1-3-12(9)20;15-11-2-4-13(16-8-11)17-6-5-9-7-10(14(18)19)1-3-12(9)17;17-14(18)11-3-4-13-10(8-11)5-7-16(13)12-2-1-6-15-9-12;17-14(18)11-4-5-12-10(9-11)6-8-16(12)13-3-1-2-7-15-13;17-13(18)10-1-2-12-9(5-10)3-4-16(12)11-6-14-8-15-7-11/h2*1-8H,(H,21,22);1-8H,(H,18,19);2*1-9H,(H,17,18);1-8H,(H,17,18). The fourth-order valence-electron chi connectivity index (χ4n) is 12.2. The first-order chi connectivity index (χ1) is 56.1. The molecule has 0 unspecified atom stereocenters. The van der Waals surface area contributed by atoms with Crippen molar-refractivity contribution in [2.45, 2.75) is 12.4 Å². The Morgan fingerprint density at radius 3 is 0.940 bits per heavy atom. The van der Waals surface area contributed by atoms with Crippen LogP contribution in [0.4, 0.5) is 30.7 Å². The van der Waals surface area contributed by atoms with Gasteiger partial charge in [0.2, 0.25) is 0 Å². The second-order valence-corrected chi connectivity index (χ2v) is 25.2. The van der Waals surface area contributed by atoms with Gasteiger partial charge in [0.05, 0.1) is 120 Å². The van der Waals surface area contributed by atoms with Crippen molar-refractivity contribution in [3.63, 3.8) is 0 Å². The second-order valence-electron chi connectivity index (χ2n) is 25.2. The Kier molecular flexibility index (Phi) is 22.7. The minimum Gasteiger partial charge on any atom is -0.478 e. The summed E-state index contributed by atoms with van der Waals surface area (Å²) in [4.78, 5) is 93.0. The largest absolute Gasteiger partial charge is 0.478 e. The van der Waals surface area contributed by atoms with Crippen molar-refractivity contribution in [2.24, 2.45) is 0 Å². The van der Waals surface area contributed by atoms with Gasteiger partial charge < -0.3 is 58.0 Å². The Bertz CT molecular complexity index is 6260. The minimum absolute atomic E-state index is 0.144. The lowest BCUT2D eigenvalue weighted by atomic mass is 10.1. The van der Waals surface area contributed by atoms with Crippen LogP contribution in [0.5, 0.6) is 0 Å². The zero-order valence-corrected chi connectivity index (χ0v) is 60.0. The number of fused-ring (bicyclic) bond motifs is 6. The molecule has 0 fully saturated rings. The van der Waals surface area contributed by atoms with Crippen LogP contribution in [-0.2, 0) is 12.4 Å². The van der Waals surface area contributed by atoms with Gasteiger partial charge in [-0.05, 0) is 206 Å². The molecule has 582 valence electrons. The Hall–Kier alpha value is -16.3. The number of rotatable bonds is 12. The lowest BCUT2D eigenvalue weighted by molar-refractivity contribution is -0.141. The van der Waals surface area contributed by atoms with Crippen LogP contribution in [0, 0.1) is 5.82 Å². The predicted molar refractivity (Wildman–Crippen MR) is 416 cm³/mol. The maximum absolute atomic E-state index is 12.8. The van der Waals surface area contributed by atoms with E-state index in [2.05, 4.69) is 34.9 Å². The Morgan fingerprint density at radius 1 is 0.282 bits per heavy atom. The Labute approximate surface area is 653 Å². The smallest absolute Gasteiger partial charge is 0.433 e. The summed E-state index contributed by atoms with van der Waals surface area (Å²) in [7, 11) is 0. The van der Waals surface area contributed by atoms with Gasteiger partial charge in [-0.15, -0.1) is 0 Å². The van der Waals surface area contributed by atoms with Crippen LogP contribution >= 0.6 is 0 Å². The van der Waals surface area contributed by atoms with Crippen LogP contribution in [0.3, 0.4) is 0 Å². The van der Waals surface area contributed by atoms with Crippen molar-refractivity contribution >= 4 is 101 Å². The molecule has 0 aliphatic rings. The normalized spacial score (nSPS) is 11.1. The number of alkyl halides is 6. The number of halogens is 7. The third kappa shape index (κ3) is 18.0. The van der Waals surface area contributed by atoms with Gasteiger partial charge in [0, 0.05) is 88.1 Å². The topological polar surface area (TPSA) is 344 Å². The molecule has 0 aliphatic heterocycles. The molecular weight excluding hydrogens is 1530 g/mol. The van der Waals surface area contributed by atoms with E-state index in [-0.39, 0.29) is 22.3 Å². The number of carbonyl (C=O) groups is 6. The van der Waals surface area contributed by atoms with Crippen LogP contribution in [0.15, 0.2) is 305 Å². The molecule has 18 rings (SSSR count). The van der Waals surface area contributed by atoms with Gasteiger partial charge in [-0.3, -0.25) is 4.98 Å². The quantitative estimate of drug-likeness (QED) is 0.0619. The highest BCUT2D eigenvalue weighted by atomic mass is 19.4. The fourth-order valence-corrected chi connectivity index (χ4v) is 12.2. The first-order valence-corrected chi connectivity index (χ1v) is 34.5. The van der Waals surface area contributed by atoms with E-state index in [0.717, 1.165) is 91.5 Å². The van der Waals surface area contributed by atoms with Gasteiger partial charge in [-0.2, -0.15) is 26.3 Å². The van der Waals surface area contributed by atoms with E-state index >= 15 is 0 Å². The number of carboxylic acids is 6. The molecule has 0 amide bonds. The molecule has 0 spiro atoms. The van der Waals surface area contributed by atoms with E-state index in [1.807, 2.05) is 86.9 Å². The number of hydrogen-bond acceptors (Lipinski definition) is 13.